The molecule has 1 aromatic carbocycles. The Hall–Kier alpha value is -1.68. The van der Waals surface area contributed by atoms with Crippen LogP contribution in [-0.2, 0) is 0 Å². The molecule has 0 aliphatic carbocycles. The highest BCUT2D eigenvalue weighted by Gasteiger charge is 2.06. The number of aromatic nitrogens is 2. The second kappa shape index (κ2) is 4.67. The van der Waals surface area contributed by atoms with Gasteiger partial charge in [0.25, 0.3) is 5.56 Å². The van der Waals surface area contributed by atoms with E-state index in [1.54, 1.807) is 21.8 Å². The number of aryl methyl sites for hydroxylation is 1. The van der Waals surface area contributed by atoms with E-state index in [1.165, 1.54) is 0 Å². The van der Waals surface area contributed by atoms with Gasteiger partial charge in [-0.15, -0.1) is 0 Å². The van der Waals surface area contributed by atoms with Crippen molar-refractivity contribution in [2.24, 2.45) is 0 Å². The van der Waals surface area contributed by atoms with Gasteiger partial charge in [-0.25, -0.2) is 4.98 Å². The van der Waals surface area contributed by atoms with Crippen molar-refractivity contribution in [3.05, 3.63) is 46.4 Å². The number of para-hydroxylation sites is 1. The van der Waals surface area contributed by atoms with Gasteiger partial charge in [0.2, 0.25) is 0 Å². The van der Waals surface area contributed by atoms with E-state index in [0.29, 0.717) is 0 Å². The van der Waals surface area contributed by atoms with Crippen molar-refractivity contribution >= 4 is 26.5 Å². The largest absolute Gasteiger partial charge is 0.269 e. The number of nitrogens with zero attached hydrogens (tertiary/aromatic N) is 2. The van der Waals surface area contributed by atoms with Crippen LogP contribution in [-0.4, -0.2) is 9.38 Å². The zero-order valence-electron chi connectivity index (χ0n) is 10.1. The first-order valence-electron chi connectivity index (χ1n) is 5.64. The maximum Gasteiger partial charge on any atom is 0.259 e. The molecule has 17 heavy (non-hydrogen) atoms. The summed E-state index contributed by atoms with van der Waals surface area (Å²) in [6, 6.07) is 9.41. The number of rotatable bonds is 0. The molecule has 0 aliphatic heterocycles. The van der Waals surface area contributed by atoms with Gasteiger partial charge in [-0.1, -0.05) is 37.3 Å². The summed E-state index contributed by atoms with van der Waals surface area (Å²) in [5, 5.41) is 0. The van der Waals surface area contributed by atoms with E-state index < -0.39 is 0 Å². The van der Waals surface area contributed by atoms with E-state index in [9.17, 15) is 4.79 Å². The molecule has 0 unspecified atom stereocenters. The van der Waals surface area contributed by atoms with E-state index in [0.717, 1.165) is 20.9 Å². The van der Waals surface area contributed by atoms with Crippen molar-refractivity contribution in [1.29, 1.82) is 0 Å². The van der Waals surface area contributed by atoms with Gasteiger partial charge >= 0.3 is 0 Å². The van der Waals surface area contributed by atoms with Gasteiger partial charge in [-0.05, 0) is 19.1 Å². The van der Waals surface area contributed by atoms with E-state index in [-0.39, 0.29) is 5.56 Å². The van der Waals surface area contributed by atoms with Crippen molar-refractivity contribution in [2.45, 2.75) is 20.8 Å². The van der Waals surface area contributed by atoms with Crippen LogP contribution in [0.2, 0.25) is 0 Å². The third-order valence-corrected chi connectivity index (χ3v) is 3.35. The third kappa shape index (κ3) is 1.96. The van der Waals surface area contributed by atoms with Crippen molar-refractivity contribution in [3.8, 4) is 0 Å². The van der Waals surface area contributed by atoms with Gasteiger partial charge in [0.1, 0.15) is 0 Å². The Morgan fingerprint density at radius 1 is 1.24 bits per heavy atom. The number of hydrogen-bond acceptors (Lipinski definition) is 3. The Morgan fingerprint density at radius 3 is 2.71 bits per heavy atom. The average molecular weight is 246 g/mol. The summed E-state index contributed by atoms with van der Waals surface area (Å²) < 4.78 is 2.75. The molecule has 88 valence electrons. The maximum atomic E-state index is 11.8. The van der Waals surface area contributed by atoms with E-state index in [4.69, 9.17) is 0 Å². The first kappa shape index (κ1) is 11.8. The molecule has 3 nitrogen and oxygen atoms in total. The molecule has 0 fully saturated rings. The van der Waals surface area contributed by atoms with Gasteiger partial charge < -0.3 is 0 Å². The summed E-state index contributed by atoms with van der Waals surface area (Å²) in [4.78, 5) is 16.9. The molecule has 0 aliphatic rings. The second-order valence-corrected chi connectivity index (χ2v) is 4.43. The van der Waals surface area contributed by atoms with Crippen LogP contribution in [0, 0.1) is 6.92 Å². The monoisotopic (exact) mass is 246 g/mol. The van der Waals surface area contributed by atoms with Gasteiger partial charge in [0.15, 0.2) is 4.96 Å². The predicted octanol–water partition coefficient (Wildman–Crippen LogP) is 3.24. The lowest BCUT2D eigenvalue weighted by Crippen LogP contribution is -2.12. The third-order valence-electron chi connectivity index (χ3n) is 2.32. The van der Waals surface area contributed by atoms with E-state index >= 15 is 0 Å². The SMILES string of the molecule is CC.Cc1cc(=O)n2c(n1)sc1ccccc12. The first-order valence-corrected chi connectivity index (χ1v) is 6.45. The average Bonchev–Trinajstić information content (AvgIpc) is 2.69. The zero-order valence-corrected chi connectivity index (χ0v) is 10.9. The minimum atomic E-state index is -0.00468. The fraction of sp³-hybridized carbons (Fsp3) is 0.231. The summed E-state index contributed by atoms with van der Waals surface area (Å²) in [5.41, 5.74) is 1.71. The van der Waals surface area contributed by atoms with Crippen LogP contribution in [0.1, 0.15) is 19.5 Å². The Kier molecular flexibility index (Phi) is 3.24. The molecule has 0 saturated heterocycles. The highest BCUT2D eigenvalue weighted by Crippen LogP contribution is 2.23. The molecule has 0 atom stereocenters. The van der Waals surface area contributed by atoms with Crippen molar-refractivity contribution in [1.82, 2.24) is 9.38 Å². The van der Waals surface area contributed by atoms with Crippen LogP contribution in [0.5, 0.6) is 0 Å². The molecule has 4 heteroatoms. The van der Waals surface area contributed by atoms with Crippen LogP contribution >= 0.6 is 11.3 Å². The quantitative estimate of drug-likeness (QED) is 0.610. The highest BCUT2D eigenvalue weighted by atomic mass is 32.1. The molecule has 0 amide bonds. The predicted molar refractivity (Wildman–Crippen MR) is 72.9 cm³/mol. The zero-order chi connectivity index (χ0) is 12.4. The fourth-order valence-corrected chi connectivity index (χ4v) is 2.76. The van der Waals surface area contributed by atoms with Crippen molar-refractivity contribution < 1.29 is 0 Å². The van der Waals surface area contributed by atoms with Gasteiger partial charge in [0, 0.05) is 11.8 Å². The highest BCUT2D eigenvalue weighted by molar-refractivity contribution is 7.23. The number of hydrogen-bond donors (Lipinski definition) is 0. The van der Waals surface area contributed by atoms with Crippen LogP contribution in [0.15, 0.2) is 35.1 Å². The second-order valence-electron chi connectivity index (χ2n) is 3.42. The minimum Gasteiger partial charge on any atom is -0.269 e. The number of thiazole rings is 1. The lowest BCUT2D eigenvalue weighted by Gasteiger charge is -1.94. The molecular weight excluding hydrogens is 232 g/mol. The first-order chi connectivity index (χ1) is 8.25. The van der Waals surface area contributed by atoms with Gasteiger partial charge in [-0.3, -0.25) is 9.20 Å². The van der Waals surface area contributed by atoms with Crippen LogP contribution in [0.3, 0.4) is 0 Å². The smallest absolute Gasteiger partial charge is 0.259 e. The standard InChI is InChI=1S/C11H8N2OS.C2H6/c1-7-6-10(14)13-8-4-2-3-5-9(8)15-11(13)12-7;1-2/h2-6H,1H3;1-2H3. The Bertz CT molecular complexity index is 712. The molecular formula is C13H14N2OS. The molecule has 2 aromatic heterocycles. The molecule has 0 radical (unpaired) electrons. The van der Waals surface area contributed by atoms with E-state index in [2.05, 4.69) is 4.98 Å². The summed E-state index contributed by atoms with van der Waals surface area (Å²) in [6.45, 7) is 5.84. The minimum absolute atomic E-state index is 0.00468. The Morgan fingerprint density at radius 2 is 1.94 bits per heavy atom. The van der Waals surface area contributed by atoms with Crippen molar-refractivity contribution in [2.75, 3.05) is 0 Å². The van der Waals surface area contributed by atoms with E-state index in [1.807, 2.05) is 45.0 Å². The van der Waals surface area contributed by atoms with Crippen LogP contribution in [0.4, 0.5) is 0 Å². The molecule has 3 rings (SSSR count). The molecule has 3 aromatic rings. The Balaban J connectivity index is 0.000000514. The summed E-state index contributed by atoms with van der Waals surface area (Å²) in [6.07, 6.45) is 0. The molecule has 0 saturated carbocycles. The Labute approximate surface area is 103 Å². The lowest BCUT2D eigenvalue weighted by atomic mass is 10.3. The van der Waals surface area contributed by atoms with Crippen LogP contribution < -0.4 is 5.56 Å². The van der Waals surface area contributed by atoms with Gasteiger partial charge in [0.05, 0.1) is 10.2 Å². The summed E-state index contributed by atoms with van der Waals surface area (Å²) in [5.74, 6) is 0. The van der Waals surface area contributed by atoms with Crippen LogP contribution in [0.25, 0.3) is 15.2 Å². The fourth-order valence-electron chi connectivity index (χ4n) is 1.69. The number of benzene rings is 1. The molecule has 0 bridgehead atoms. The molecule has 2 heterocycles. The van der Waals surface area contributed by atoms with Crippen molar-refractivity contribution in [3.63, 3.8) is 0 Å². The lowest BCUT2D eigenvalue weighted by molar-refractivity contribution is 1.08. The summed E-state index contributed by atoms with van der Waals surface area (Å²) in [7, 11) is 0. The topological polar surface area (TPSA) is 34.4 Å². The number of fused-ring (bicyclic) bond motifs is 3. The van der Waals surface area contributed by atoms with Gasteiger partial charge in [-0.2, -0.15) is 0 Å². The summed E-state index contributed by atoms with van der Waals surface area (Å²) >= 11 is 1.54. The molecule has 0 N–H and O–H groups in total. The normalized spacial score (nSPS) is 10.3. The maximum absolute atomic E-state index is 11.8. The molecule has 0 spiro atoms.